The molecule has 1 aliphatic heterocycles. The molecular formula is C23H21N3O3S. The number of imide groups is 1. The summed E-state index contributed by atoms with van der Waals surface area (Å²) in [5.74, 6) is -0.725. The van der Waals surface area contributed by atoms with E-state index in [0.29, 0.717) is 5.69 Å². The minimum atomic E-state index is -0.685. The van der Waals surface area contributed by atoms with Gasteiger partial charge in [0.05, 0.1) is 22.3 Å². The molecule has 2 aromatic carbocycles. The Morgan fingerprint density at radius 2 is 1.87 bits per heavy atom. The molecular weight excluding hydrogens is 398 g/mol. The third-order valence-electron chi connectivity index (χ3n) is 5.68. The van der Waals surface area contributed by atoms with Gasteiger partial charge in [0.1, 0.15) is 11.0 Å². The van der Waals surface area contributed by atoms with Crippen LogP contribution in [-0.4, -0.2) is 39.7 Å². The van der Waals surface area contributed by atoms with Gasteiger partial charge >= 0.3 is 0 Å². The zero-order valence-electron chi connectivity index (χ0n) is 16.8. The highest BCUT2D eigenvalue weighted by molar-refractivity contribution is 7.21. The van der Waals surface area contributed by atoms with Crippen LogP contribution in [0, 0.1) is 6.92 Å². The molecule has 7 heteroatoms. The van der Waals surface area contributed by atoms with E-state index >= 15 is 0 Å². The first-order valence-electron chi connectivity index (χ1n) is 10.1. The van der Waals surface area contributed by atoms with Crippen LogP contribution >= 0.6 is 11.3 Å². The summed E-state index contributed by atoms with van der Waals surface area (Å²) in [6, 6.07) is 12.9. The fourth-order valence-electron chi connectivity index (χ4n) is 4.10. The number of carbonyl (C=O) groups is 3. The van der Waals surface area contributed by atoms with Crippen LogP contribution in [0.3, 0.4) is 0 Å². The highest BCUT2D eigenvalue weighted by atomic mass is 32.1. The van der Waals surface area contributed by atoms with E-state index < -0.39 is 6.04 Å². The molecule has 1 unspecified atom stereocenters. The van der Waals surface area contributed by atoms with E-state index in [1.54, 1.807) is 28.4 Å². The molecule has 0 N–H and O–H groups in total. The van der Waals surface area contributed by atoms with Gasteiger partial charge in [0, 0.05) is 18.5 Å². The lowest BCUT2D eigenvalue weighted by Gasteiger charge is -2.26. The third kappa shape index (κ3) is 3.19. The van der Waals surface area contributed by atoms with Gasteiger partial charge in [-0.15, -0.1) is 11.3 Å². The van der Waals surface area contributed by atoms with Crippen LogP contribution in [0.2, 0.25) is 0 Å². The Balaban J connectivity index is 1.41. The van der Waals surface area contributed by atoms with Crippen molar-refractivity contribution in [2.75, 3.05) is 4.90 Å². The molecule has 2 fully saturated rings. The number of fused-ring (bicyclic) bond motifs is 1. The Bertz CT molecular complexity index is 1180. The number of aromatic nitrogens is 1. The Morgan fingerprint density at radius 1 is 1.13 bits per heavy atom. The van der Waals surface area contributed by atoms with Crippen LogP contribution in [0.15, 0.2) is 42.5 Å². The van der Waals surface area contributed by atoms with Crippen LogP contribution in [0.25, 0.3) is 20.8 Å². The topological polar surface area (TPSA) is 70.6 Å². The molecule has 3 amide bonds. The standard InChI is InChI=1S/C23H21N3O3S/c1-13-3-10-18-20(11-13)30-22(24-18)15-4-6-17(7-5-15)26-21(28)12-19(23(26)29)25(14(2)27)16-8-9-16/h3-7,10-11,16,19H,8-9,12H2,1-2H3. The van der Waals surface area contributed by atoms with E-state index in [4.69, 9.17) is 0 Å². The number of thiazole rings is 1. The molecule has 30 heavy (non-hydrogen) atoms. The Kier molecular flexibility index (Phi) is 4.43. The summed E-state index contributed by atoms with van der Waals surface area (Å²) in [5, 5.41) is 0.899. The highest BCUT2D eigenvalue weighted by Crippen LogP contribution is 2.35. The Morgan fingerprint density at radius 3 is 2.53 bits per heavy atom. The minimum absolute atomic E-state index is 0.0495. The van der Waals surface area contributed by atoms with Crippen LogP contribution in [0.1, 0.15) is 31.7 Å². The summed E-state index contributed by atoms with van der Waals surface area (Å²) in [5.41, 5.74) is 3.63. The first kappa shape index (κ1) is 18.9. The number of hydrogen-bond donors (Lipinski definition) is 0. The fourth-order valence-corrected chi connectivity index (χ4v) is 5.17. The maximum absolute atomic E-state index is 13.0. The van der Waals surface area contributed by atoms with Crippen LogP contribution in [-0.2, 0) is 14.4 Å². The number of rotatable bonds is 4. The zero-order valence-corrected chi connectivity index (χ0v) is 17.6. The predicted molar refractivity (Wildman–Crippen MR) is 116 cm³/mol. The van der Waals surface area contributed by atoms with E-state index in [9.17, 15) is 14.4 Å². The van der Waals surface area contributed by atoms with Gasteiger partial charge in [0.25, 0.3) is 5.91 Å². The first-order chi connectivity index (χ1) is 14.4. The molecule has 2 heterocycles. The molecule has 1 atom stereocenters. The zero-order chi connectivity index (χ0) is 21.0. The SMILES string of the molecule is CC(=O)N(C1CC1)C1CC(=O)N(c2ccc(-c3nc4ccc(C)cc4s3)cc2)C1=O. The summed E-state index contributed by atoms with van der Waals surface area (Å²) in [7, 11) is 0. The van der Waals surface area contributed by atoms with Crippen molar-refractivity contribution in [3.63, 3.8) is 0 Å². The number of carbonyl (C=O) groups excluding carboxylic acids is 3. The molecule has 6 nitrogen and oxygen atoms in total. The Hall–Kier alpha value is -3.06. The minimum Gasteiger partial charge on any atom is -0.327 e. The van der Waals surface area contributed by atoms with Crippen LogP contribution in [0.4, 0.5) is 5.69 Å². The van der Waals surface area contributed by atoms with Gasteiger partial charge in [-0.25, -0.2) is 9.88 Å². The van der Waals surface area contributed by atoms with E-state index in [1.807, 2.05) is 24.3 Å². The van der Waals surface area contributed by atoms with Crippen LogP contribution in [0.5, 0.6) is 0 Å². The molecule has 152 valence electrons. The van der Waals surface area contributed by atoms with Gasteiger partial charge in [-0.2, -0.15) is 0 Å². The van der Waals surface area contributed by atoms with E-state index in [-0.39, 0.29) is 30.2 Å². The van der Waals surface area contributed by atoms with Crippen molar-refractivity contribution in [3.05, 3.63) is 48.0 Å². The second-order valence-electron chi connectivity index (χ2n) is 7.98. The van der Waals surface area contributed by atoms with E-state index in [0.717, 1.165) is 33.6 Å². The van der Waals surface area contributed by atoms with Crippen molar-refractivity contribution in [2.45, 2.75) is 45.2 Å². The van der Waals surface area contributed by atoms with Crippen molar-refractivity contribution >= 4 is 45.0 Å². The lowest BCUT2D eigenvalue weighted by molar-refractivity contribution is -0.137. The molecule has 0 spiro atoms. The summed E-state index contributed by atoms with van der Waals surface area (Å²) in [6.07, 6.45) is 1.84. The second kappa shape index (κ2) is 7.02. The molecule has 1 aliphatic carbocycles. The molecule has 0 radical (unpaired) electrons. The molecule has 2 aliphatic rings. The number of benzene rings is 2. The van der Waals surface area contributed by atoms with Gasteiger partial charge in [0.15, 0.2) is 0 Å². The van der Waals surface area contributed by atoms with Crippen molar-refractivity contribution in [1.82, 2.24) is 9.88 Å². The summed E-state index contributed by atoms with van der Waals surface area (Å²) in [6.45, 7) is 3.52. The quantitative estimate of drug-likeness (QED) is 0.601. The van der Waals surface area contributed by atoms with Gasteiger partial charge in [0.2, 0.25) is 11.8 Å². The maximum atomic E-state index is 13.0. The molecule has 3 aromatic rings. The highest BCUT2D eigenvalue weighted by Gasteiger charge is 2.47. The lowest BCUT2D eigenvalue weighted by Crippen LogP contribution is -2.45. The molecule has 0 bridgehead atoms. The maximum Gasteiger partial charge on any atom is 0.257 e. The fraction of sp³-hybridized carbons (Fsp3) is 0.304. The van der Waals surface area contributed by atoms with Crippen LogP contribution < -0.4 is 4.90 Å². The second-order valence-corrected chi connectivity index (χ2v) is 9.01. The Labute approximate surface area is 178 Å². The average molecular weight is 420 g/mol. The predicted octanol–water partition coefficient (Wildman–Crippen LogP) is 3.91. The third-order valence-corrected chi connectivity index (χ3v) is 6.75. The van der Waals surface area contributed by atoms with Gasteiger partial charge in [-0.1, -0.05) is 6.07 Å². The van der Waals surface area contributed by atoms with Gasteiger partial charge < -0.3 is 4.90 Å². The number of hydrogen-bond acceptors (Lipinski definition) is 5. The molecule has 5 rings (SSSR count). The number of nitrogens with zero attached hydrogens (tertiary/aromatic N) is 3. The van der Waals surface area contributed by atoms with Crippen molar-refractivity contribution in [1.29, 1.82) is 0 Å². The number of aryl methyl sites for hydroxylation is 1. The monoisotopic (exact) mass is 419 g/mol. The molecule has 1 aromatic heterocycles. The lowest BCUT2D eigenvalue weighted by atomic mass is 10.2. The number of amides is 3. The van der Waals surface area contributed by atoms with Gasteiger partial charge in [-0.05, 0) is 61.7 Å². The van der Waals surface area contributed by atoms with E-state index in [2.05, 4.69) is 18.0 Å². The normalized spacial score (nSPS) is 19.0. The van der Waals surface area contributed by atoms with E-state index in [1.165, 1.54) is 17.4 Å². The smallest absolute Gasteiger partial charge is 0.257 e. The summed E-state index contributed by atoms with van der Waals surface area (Å²) in [4.78, 5) is 45.2. The van der Waals surface area contributed by atoms with Gasteiger partial charge in [-0.3, -0.25) is 14.4 Å². The van der Waals surface area contributed by atoms with Crippen molar-refractivity contribution in [3.8, 4) is 10.6 Å². The number of anilines is 1. The first-order valence-corrected chi connectivity index (χ1v) is 10.9. The largest absolute Gasteiger partial charge is 0.327 e. The molecule has 1 saturated carbocycles. The van der Waals surface area contributed by atoms with Crippen molar-refractivity contribution in [2.24, 2.45) is 0 Å². The summed E-state index contributed by atoms with van der Waals surface area (Å²) < 4.78 is 1.13. The van der Waals surface area contributed by atoms with Crippen molar-refractivity contribution < 1.29 is 14.4 Å². The average Bonchev–Trinajstić information content (AvgIpc) is 3.38. The molecule has 1 saturated heterocycles. The summed E-state index contributed by atoms with van der Waals surface area (Å²) >= 11 is 1.62.